The topological polar surface area (TPSA) is 55.4 Å². The third-order valence-electron chi connectivity index (χ3n) is 3.30. The number of carbonyl (C=O) groups is 2. The molecular formula is C16H23NO3. The summed E-state index contributed by atoms with van der Waals surface area (Å²) in [7, 11) is 0. The van der Waals surface area contributed by atoms with Gasteiger partial charge in [-0.2, -0.15) is 0 Å². The first-order chi connectivity index (χ1) is 9.25. The number of ether oxygens (including phenoxy) is 1. The monoisotopic (exact) mass is 277 g/mol. The number of rotatable bonds is 6. The lowest BCUT2D eigenvalue weighted by Crippen LogP contribution is -2.44. The van der Waals surface area contributed by atoms with Crippen LogP contribution in [-0.4, -0.2) is 23.8 Å². The average Bonchev–Trinajstić information content (AvgIpc) is 2.36. The number of carbonyl (C=O) groups excluding carboxylic acids is 2. The Kier molecular flexibility index (Phi) is 5.31. The molecule has 1 amide bonds. The van der Waals surface area contributed by atoms with Crippen LogP contribution in [0.2, 0.25) is 0 Å². The molecule has 0 saturated carbocycles. The van der Waals surface area contributed by atoms with Crippen LogP contribution in [0.5, 0.6) is 5.75 Å². The summed E-state index contributed by atoms with van der Waals surface area (Å²) < 4.78 is 5.50. The Bertz CT molecular complexity index is 506. The Balaban J connectivity index is 2.62. The van der Waals surface area contributed by atoms with Crippen molar-refractivity contribution in [3.8, 4) is 5.75 Å². The summed E-state index contributed by atoms with van der Waals surface area (Å²) in [6.45, 7) is 9.32. The fourth-order valence-electron chi connectivity index (χ4n) is 1.68. The number of Topliss-reactive ketones (excluding diaryl/α,β-unsaturated/α-hetero) is 1. The predicted octanol–water partition coefficient (Wildman–Crippen LogP) is 2.88. The van der Waals surface area contributed by atoms with Gasteiger partial charge in [0.2, 0.25) is 0 Å². The molecule has 4 heteroatoms. The van der Waals surface area contributed by atoms with Crippen molar-refractivity contribution in [2.45, 2.75) is 46.6 Å². The molecule has 0 saturated heterocycles. The molecule has 0 bridgehead atoms. The molecule has 0 fully saturated rings. The minimum atomic E-state index is -0.228. The van der Waals surface area contributed by atoms with Gasteiger partial charge in [0.15, 0.2) is 12.4 Å². The second-order valence-electron chi connectivity index (χ2n) is 5.61. The molecular weight excluding hydrogens is 254 g/mol. The van der Waals surface area contributed by atoms with Crippen molar-refractivity contribution >= 4 is 11.7 Å². The molecule has 1 aromatic carbocycles. The van der Waals surface area contributed by atoms with Crippen molar-refractivity contribution in [3.05, 3.63) is 29.3 Å². The second kappa shape index (κ2) is 6.55. The Morgan fingerprint density at radius 1 is 1.30 bits per heavy atom. The molecule has 1 aromatic rings. The van der Waals surface area contributed by atoms with E-state index in [0.717, 1.165) is 12.0 Å². The van der Waals surface area contributed by atoms with Gasteiger partial charge in [0.05, 0.1) is 0 Å². The van der Waals surface area contributed by atoms with E-state index in [1.54, 1.807) is 18.2 Å². The molecule has 0 aliphatic carbocycles. The summed E-state index contributed by atoms with van der Waals surface area (Å²) in [4.78, 5) is 23.0. The van der Waals surface area contributed by atoms with E-state index in [9.17, 15) is 9.59 Å². The maximum absolute atomic E-state index is 11.8. The third kappa shape index (κ3) is 4.68. The van der Waals surface area contributed by atoms with Crippen LogP contribution >= 0.6 is 0 Å². The van der Waals surface area contributed by atoms with E-state index in [1.807, 2.05) is 27.7 Å². The largest absolute Gasteiger partial charge is 0.484 e. The van der Waals surface area contributed by atoms with Crippen LogP contribution in [0.3, 0.4) is 0 Å². The van der Waals surface area contributed by atoms with E-state index in [2.05, 4.69) is 5.32 Å². The van der Waals surface area contributed by atoms with Gasteiger partial charge in [0, 0.05) is 11.1 Å². The molecule has 0 aliphatic heterocycles. The van der Waals surface area contributed by atoms with Crippen molar-refractivity contribution in [3.63, 3.8) is 0 Å². The zero-order valence-corrected chi connectivity index (χ0v) is 12.9. The summed E-state index contributed by atoms with van der Waals surface area (Å²) >= 11 is 0. The van der Waals surface area contributed by atoms with Crippen LogP contribution in [0.4, 0.5) is 0 Å². The van der Waals surface area contributed by atoms with E-state index in [-0.39, 0.29) is 23.8 Å². The SMILES string of the molecule is CCC(C)(C)NC(=O)COc1ccc(C(C)=O)cc1C. The van der Waals surface area contributed by atoms with Crippen molar-refractivity contribution < 1.29 is 14.3 Å². The number of ketones is 1. The normalized spacial score (nSPS) is 11.1. The highest BCUT2D eigenvalue weighted by molar-refractivity contribution is 5.94. The van der Waals surface area contributed by atoms with Gasteiger partial charge in [-0.1, -0.05) is 6.92 Å². The number of hydrogen-bond acceptors (Lipinski definition) is 3. The highest BCUT2D eigenvalue weighted by Crippen LogP contribution is 2.19. The number of hydrogen-bond donors (Lipinski definition) is 1. The minimum Gasteiger partial charge on any atom is -0.484 e. The van der Waals surface area contributed by atoms with Crippen LogP contribution in [0.25, 0.3) is 0 Å². The summed E-state index contributed by atoms with van der Waals surface area (Å²) in [5, 5.41) is 2.91. The lowest BCUT2D eigenvalue weighted by molar-refractivity contribution is -0.124. The molecule has 0 radical (unpaired) electrons. The van der Waals surface area contributed by atoms with Gasteiger partial charge < -0.3 is 10.1 Å². The first-order valence-corrected chi connectivity index (χ1v) is 6.80. The summed E-state index contributed by atoms with van der Waals surface area (Å²) in [5.74, 6) is 0.494. The third-order valence-corrected chi connectivity index (χ3v) is 3.30. The smallest absolute Gasteiger partial charge is 0.258 e. The molecule has 0 heterocycles. The van der Waals surface area contributed by atoms with Gasteiger partial charge in [-0.3, -0.25) is 9.59 Å². The number of nitrogens with one attached hydrogen (secondary N) is 1. The standard InChI is InChI=1S/C16H23NO3/c1-6-16(4,5)17-15(19)10-20-14-8-7-13(12(3)18)9-11(14)2/h7-9H,6,10H2,1-5H3,(H,17,19). The Morgan fingerprint density at radius 3 is 2.45 bits per heavy atom. The predicted molar refractivity (Wildman–Crippen MR) is 79.2 cm³/mol. The van der Waals surface area contributed by atoms with Crippen LogP contribution < -0.4 is 10.1 Å². The average molecular weight is 277 g/mol. The molecule has 0 aliphatic rings. The first kappa shape index (κ1) is 16.2. The van der Waals surface area contributed by atoms with Crippen LogP contribution in [0, 0.1) is 6.92 Å². The van der Waals surface area contributed by atoms with E-state index in [1.165, 1.54) is 6.92 Å². The Morgan fingerprint density at radius 2 is 1.95 bits per heavy atom. The second-order valence-corrected chi connectivity index (χ2v) is 5.61. The van der Waals surface area contributed by atoms with E-state index >= 15 is 0 Å². The van der Waals surface area contributed by atoms with Gasteiger partial charge in [-0.05, 0) is 57.9 Å². The summed E-state index contributed by atoms with van der Waals surface area (Å²) in [6, 6.07) is 5.20. The van der Waals surface area contributed by atoms with E-state index in [4.69, 9.17) is 4.74 Å². The highest BCUT2D eigenvalue weighted by atomic mass is 16.5. The molecule has 1 N–H and O–H groups in total. The minimum absolute atomic E-state index is 0.0158. The van der Waals surface area contributed by atoms with Crippen molar-refractivity contribution in [2.75, 3.05) is 6.61 Å². The lowest BCUT2D eigenvalue weighted by atomic mass is 10.0. The quantitative estimate of drug-likeness (QED) is 0.813. The number of aryl methyl sites for hydroxylation is 1. The molecule has 1 rings (SSSR count). The van der Waals surface area contributed by atoms with Crippen LogP contribution in [0.15, 0.2) is 18.2 Å². The fourth-order valence-corrected chi connectivity index (χ4v) is 1.68. The zero-order chi connectivity index (χ0) is 15.3. The van der Waals surface area contributed by atoms with Crippen LogP contribution in [-0.2, 0) is 4.79 Å². The zero-order valence-electron chi connectivity index (χ0n) is 12.9. The van der Waals surface area contributed by atoms with E-state index < -0.39 is 0 Å². The van der Waals surface area contributed by atoms with Gasteiger partial charge in [0.25, 0.3) is 5.91 Å². The van der Waals surface area contributed by atoms with Gasteiger partial charge in [-0.25, -0.2) is 0 Å². The first-order valence-electron chi connectivity index (χ1n) is 6.80. The van der Waals surface area contributed by atoms with Gasteiger partial charge in [-0.15, -0.1) is 0 Å². The molecule has 110 valence electrons. The highest BCUT2D eigenvalue weighted by Gasteiger charge is 2.18. The molecule has 0 spiro atoms. The fraction of sp³-hybridized carbons (Fsp3) is 0.500. The maximum Gasteiger partial charge on any atom is 0.258 e. The Hall–Kier alpha value is -1.84. The van der Waals surface area contributed by atoms with Crippen LogP contribution in [0.1, 0.15) is 50.0 Å². The maximum atomic E-state index is 11.8. The summed E-state index contributed by atoms with van der Waals surface area (Å²) in [6.07, 6.45) is 0.852. The lowest BCUT2D eigenvalue weighted by Gasteiger charge is -2.24. The molecule has 0 unspecified atom stereocenters. The van der Waals surface area contributed by atoms with Gasteiger partial charge in [0.1, 0.15) is 5.75 Å². The summed E-state index contributed by atoms with van der Waals surface area (Å²) in [5.41, 5.74) is 1.26. The molecule has 4 nitrogen and oxygen atoms in total. The molecule has 0 aromatic heterocycles. The Labute approximate surface area is 120 Å². The number of amides is 1. The molecule has 0 atom stereocenters. The number of benzene rings is 1. The van der Waals surface area contributed by atoms with Crippen molar-refractivity contribution in [1.29, 1.82) is 0 Å². The van der Waals surface area contributed by atoms with E-state index in [0.29, 0.717) is 11.3 Å². The van der Waals surface area contributed by atoms with Crippen molar-refractivity contribution in [1.82, 2.24) is 5.32 Å². The van der Waals surface area contributed by atoms with Crippen molar-refractivity contribution in [2.24, 2.45) is 0 Å². The van der Waals surface area contributed by atoms with Gasteiger partial charge >= 0.3 is 0 Å². The molecule has 20 heavy (non-hydrogen) atoms.